The zero-order valence-electron chi connectivity index (χ0n) is 14.7. The minimum Gasteiger partial charge on any atom is -0.326 e. The highest BCUT2D eigenvalue weighted by Gasteiger charge is 2.23. The van der Waals surface area contributed by atoms with E-state index in [0.717, 1.165) is 41.4 Å². The van der Waals surface area contributed by atoms with Gasteiger partial charge in [-0.1, -0.05) is 30.8 Å². The lowest BCUT2D eigenvalue weighted by molar-refractivity contribution is -0.111. The first-order chi connectivity index (χ1) is 13.2. The van der Waals surface area contributed by atoms with Crippen LogP contribution < -0.4 is 15.5 Å². The molecule has 1 aromatic heterocycles. The lowest BCUT2D eigenvalue weighted by Crippen LogP contribution is -2.15. The highest BCUT2D eigenvalue weighted by atomic mass is 16.1. The van der Waals surface area contributed by atoms with Gasteiger partial charge >= 0.3 is 0 Å². The average molecular weight is 361 g/mol. The van der Waals surface area contributed by atoms with Crippen molar-refractivity contribution in [1.29, 1.82) is 0 Å². The fourth-order valence-electron chi connectivity index (χ4n) is 3.05. The van der Waals surface area contributed by atoms with Gasteiger partial charge in [0.15, 0.2) is 0 Å². The Morgan fingerprint density at radius 3 is 2.78 bits per heavy atom. The maximum absolute atomic E-state index is 11.6. The molecule has 2 heterocycles. The van der Waals surface area contributed by atoms with Crippen LogP contribution in [0.5, 0.6) is 0 Å². The minimum atomic E-state index is -0.231. The molecule has 0 saturated heterocycles. The van der Waals surface area contributed by atoms with Crippen LogP contribution in [-0.4, -0.2) is 22.4 Å². The van der Waals surface area contributed by atoms with Crippen molar-refractivity contribution in [1.82, 2.24) is 9.97 Å². The van der Waals surface area contributed by atoms with Crippen LogP contribution in [0.1, 0.15) is 8.42 Å². The van der Waals surface area contributed by atoms with E-state index in [2.05, 4.69) is 27.1 Å². The van der Waals surface area contributed by atoms with Crippen LogP contribution in [0, 0.1) is 0 Å². The lowest BCUT2D eigenvalue weighted by atomic mass is 10.2. The summed E-state index contributed by atoms with van der Waals surface area (Å²) in [5.74, 6) is 1.21. The second kappa shape index (κ2) is 7.29. The molecule has 1 amide bonds. The zero-order valence-corrected chi connectivity index (χ0v) is 14.7. The third kappa shape index (κ3) is 3.64. The Kier molecular flexibility index (Phi) is 4.53. The van der Waals surface area contributed by atoms with Crippen molar-refractivity contribution >= 4 is 34.7 Å². The number of rotatable bonds is 5. The summed E-state index contributed by atoms with van der Waals surface area (Å²) in [6.07, 6.45) is 4.01. The number of amides is 1. The van der Waals surface area contributed by atoms with E-state index >= 15 is 0 Å². The third-order valence-electron chi connectivity index (χ3n) is 4.34. The number of fused-ring (bicyclic) bond motifs is 1. The number of nitrogens with zero attached hydrogens (tertiary/aromatic N) is 3. The number of nitrogens with one attached hydrogen (secondary N) is 2. The molecule has 0 aliphatic carbocycles. The molecule has 0 unspecified atom stereocenters. The molecule has 27 heavy (non-hydrogen) atoms. The van der Waals surface area contributed by atoms with Crippen molar-refractivity contribution in [3.8, 4) is 0 Å². The van der Waals surface area contributed by atoms with Gasteiger partial charge in [-0.3, -0.25) is 4.79 Å². The maximum Gasteiger partial charge on any atom is 0.247 e. The first kappa shape index (κ1) is 16.8. The fourth-order valence-corrected chi connectivity index (χ4v) is 3.05. The van der Waals surface area contributed by atoms with Gasteiger partial charge in [-0.25, -0.2) is 4.98 Å². The van der Waals surface area contributed by atoms with Gasteiger partial charge in [-0.15, -0.1) is 0 Å². The quantitative estimate of drug-likeness (QED) is 0.653. The summed E-state index contributed by atoms with van der Waals surface area (Å²) in [4.78, 5) is 22.8. The van der Waals surface area contributed by atoms with E-state index in [1.165, 1.54) is 6.08 Å². The first-order valence-corrected chi connectivity index (χ1v) is 8.72. The Balaban J connectivity index is 0.00000150. The SMILES string of the molecule is C=CC(=O)Nc1cccc(N2CCc3cnc(Nc4ccccc4)nc32)c1.[HH].[HH]. The van der Waals surface area contributed by atoms with Gasteiger partial charge in [-0.2, -0.15) is 4.98 Å². The molecule has 1 aliphatic rings. The van der Waals surface area contributed by atoms with Crippen molar-refractivity contribution in [2.45, 2.75) is 6.42 Å². The third-order valence-corrected chi connectivity index (χ3v) is 4.34. The normalized spacial score (nSPS) is 12.4. The molecule has 2 N–H and O–H groups in total. The highest BCUT2D eigenvalue weighted by Crippen LogP contribution is 2.34. The van der Waals surface area contributed by atoms with Crippen LogP contribution in [0.15, 0.2) is 73.4 Å². The van der Waals surface area contributed by atoms with Crippen molar-refractivity contribution in [3.05, 3.63) is 79.0 Å². The molecular formula is C21H23N5O. The van der Waals surface area contributed by atoms with Crippen molar-refractivity contribution in [2.24, 2.45) is 0 Å². The zero-order chi connectivity index (χ0) is 18.6. The molecule has 3 aromatic rings. The fraction of sp³-hybridized carbons (Fsp3) is 0.0952. The molecule has 138 valence electrons. The summed E-state index contributed by atoms with van der Waals surface area (Å²) >= 11 is 0. The molecule has 0 fully saturated rings. The number of hydrogen-bond donors (Lipinski definition) is 2. The molecule has 0 bridgehead atoms. The number of para-hydroxylation sites is 1. The van der Waals surface area contributed by atoms with Gasteiger partial charge in [0.2, 0.25) is 11.9 Å². The van der Waals surface area contributed by atoms with Gasteiger partial charge < -0.3 is 15.5 Å². The lowest BCUT2D eigenvalue weighted by Gasteiger charge is -2.19. The Bertz CT molecular complexity index is 997. The molecule has 4 rings (SSSR count). The van der Waals surface area contributed by atoms with E-state index in [9.17, 15) is 4.79 Å². The van der Waals surface area contributed by atoms with Crippen molar-refractivity contribution in [3.63, 3.8) is 0 Å². The molecule has 0 radical (unpaired) electrons. The summed E-state index contributed by atoms with van der Waals surface area (Å²) in [6.45, 7) is 4.30. The Hall–Kier alpha value is -3.67. The van der Waals surface area contributed by atoms with E-state index in [1.807, 2.05) is 60.8 Å². The number of hydrogen-bond acceptors (Lipinski definition) is 5. The highest BCUT2D eigenvalue weighted by molar-refractivity contribution is 5.99. The van der Waals surface area contributed by atoms with Crippen LogP contribution in [0.25, 0.3) is 0 Å². The van der Waals surface area contributed by atoms with Crippen LogP contribution in [0.2, 0.25) is 0 Å². The summed E-state index contributed by atoms with van der Waals surface area (Å²) in [5.41, 5.74) is 3.74. The Morgan fingerprint density at radius 1 is 1.15 bits per heavy atom. The molecule has 0 saturated carbocycles. The first-order valence-electron chi connectivity index (χ1n) is 8.72. The van der Waals surface area contributed by atoms with E-state index in [-0.39, 0.29) is 8.76 Å². The summed E-state index contributed by atoms with van der Waals surface area (Å²) in [7, 11) is 0. The Morgan fingerprint density at radius 2 is 1.96 bits per heavy atom. The van der Waals surface area contributed by atoms with Crippen molar-refractivity contribution in [2.75, 3.05) is 22.1 Å². The predicted octanol–water partition coefficient (Wildman–Crippen LogP) is 4.53. The average Bonchev–Trinajstić information content (AvgIpc) is 3.12. The standard InChI is InChI=1S/C21H19N5O.2H2/c1-2-19(27)23-17-9-6-10-18(13-17)26-12-11-15-14-22-21(25-20(15)26)24-16-7-4-3-5-8-16;;/h2-10,13-14H,1,11-12H2,(H,23,27)(H,22,24,25);2*1H. The Labute approximate surface area is 160 Å². The number of anilines is 5. The number of aromatic nitrogens is 2. The van der Waals surface area contributed by atoms with Crippen LogP contribution in [0.3, 0.4) is 0 Å². The molecule has 1 aliphatic heterocycles. The van der Waals surface area contributed by atoms with Crippen LogP contribution >= 0.6 is 0 Å². The van der Waals surface area contributed by atoms with E-state index in [1.54, 1.807) is 0 Å². The summed E-state index contributed by atoms with van der Waals surface area (Å²) < 4.78 is 0. The van der Waals surface area contributed by atoms with Gasteiger partial charge in [-0.05, 0) is 42.8 Å². The number of carbonyl (C=O) groups is 1. The van der Waals surface area contributed by atoms with E-state index in [0.29, 0.717) is 5.95 Å². The predicted molar refractivity (Wildman–Crippen MR) is 112 cm³/mol. The van der Waals surface area contributed by atoms with Crippen LogP contribution in [-0.2, 0) is 11.2 Å². The van der Waals surface area contributed by atoms with Crippen LogP contribution in [0.4, 0.5) is 28.8 Å². The molecule has 6 nitrogen and oxygen atoms in total. The molecular weight excluding hydrogens is 338 g/mol. The number of benzene rings is 2. The minimum absolute atomic E-state index is 0. The second-order valence-corrected chi connectivity index (χ2v) is 6.18. The second-order valence-electron chi connectivity index (χ2n) is 6.18. The monoisotopic (exact) mass is 361 g/mol. The van der Waals surface area contributed by atoms with Gasteiger partial charge in [0.25, 0.3) is 0 Å². The maximum atomic E-state index is 11.6. The topological polar surface area (TPSA) is 70.2 Å². The summed E-state index contributed by atoms with van der Waals surface area (Å²) in [5, 5.41) is 6.03. The summed E-state index contributed by atoms with van der Waals surface area (Å²) in [6, 6.07) is 17.5. The molecule has 6 heteroatoms. The van der Waals surface area contributed by atoms with Gasteiger partial charge in [0.05, 0.1) is 0 Å². The smallest absolute Gasteiger partial charge is 0.247 e. The van der Waals surface area contributed by atoms with E-state index in [4.69, 9.17) is 4.98 Å². The molecule has 0 atom stereocenters. The largest absolute Gasteiger partial charge is 0.326 e. The number of carbonyl (C=O) groups excluding carboxylic acids is 1. The van der Waals surface area contributed by atoms with Gasteiger partial charge in [0.1, 0.15) is 5.82 Å². The van der Waals surface area contributed by atoms with Crippen molar-refractivity contribution < 1.29 is 7.65 Å². The van der Waals surface area contributed by atoms with E-state index < -0.39 is 0 Å². The molecule has 0 spiro atoms. The van der Waals surface area contributed by atoms with Gasteiger partial charge in [0, 0.05) is 38.2 Å². The molecule has 2 aromatic carbocycles.